The lowest BCUT2D eigenvalue weighted by atomic mass is 10.1. The first-order valence-corrected chi connectivity index (χ1v) is 6.80. The number of carboxylic acid groups (broad SMARTS) is 1. The molecule has 18 heavy (non-hydrogen) atoms. The van der Waals surface area contributed by atoms with Gasteiger partial charge in [0, 0.05) is 19.1 Å². The number of carbonyl (C=O) groups is 1. The first-order valence-electron chi connectivity index (χ1n) is 4.95. The molecule has 1 unspecified atom stereocenters. The second kappa shape index (κ2) is 6.34. The predicted octanol–water partition coefficient (Wildman–Crippen LogP) is 0.00240. The lowest BCUT2D eigenvalue weighted by Gasteiger charge is -2.28. The molecule has 0 spiro atoms. The molecule has 1 fully saturated rings. The van der Waals surface area contributed by atoms with Crippen molar-refractivity contribution in [2.45, 2.75) is 25.1 Å². The number of alkyl halides is 3. The maximum atomic E-state index is 11.0. The van der Waals surface area contributed by atoms with E-state index in [1.807, 2.05) is 0 Å². The molecular formula is C8H15F3N2O4S. The van der Waals surface area contributed by atoms with Crippen LogP contribution in [0.4, 0.5) is 13.2 Å². The third-order valence-corrected chi connectivity index (χ3v) is 3.40. The molecule has 1 saturated heterocycles. The van der Waals surface area contributed by atoms with Gasteiger partial charge in [0.15, 0.2) is 0 Å². The summed E-state index contributed by atoms with van der Waals surface area (Å²) in [6, 6.07) is 0.0264. The van der Waals surface area contributed by atoms with E-state index in [2.05, 4.69) is 0 Å². The molecule has 10 heteroatoms. The van der Waals surface area contributed by atoms with Gasteiger partial charge in [-0.25, -0.2) is 17.5 Å². The highest BCUT2D eigenvalue weighted by Gasteiger charge is 2.38. The normalized spacial score (nSPS) is 21.9. The van der Waals surface area contributed by atoms with E-state index in [0.717, 1.165) is 12.8 Å². The van der Waals surface area contributed by atoms with Gasteiger partial charge in [-0.15, -0.1) is 0 Å². The first kappa shape index (κ1) is 17.1. The van der Waals surface area contributed by atoms with E-state index in [1.54, 1.807) is 0 Å². The summed E-state index contributed by atoms with van der Waals surface area (Å²) in [4.78, 5) is 8.90. The summed E-state index contributed by atoms with van der Waals surface area (Å²) in [6.07, 6.45) is -2.04. The molecule has 1 atom stereocenters. The van der Waals surface area contributed by atoms with Gasteiger partial charge in [-0.1, -0.05) is 0 Å². The topological polar surface area (TPSA) is 101 Å². The highest BCUT2D eigenvalue weighted by molar-refractivity contribution is 7.88. The van der Waals surface area contributed by atoms with E-state index in [0.29, 0.717) is 13.1 Å². The molecule has 0 bridgehead atoms. The van der Waals surface area contributed by atoms with Crippen LogP contribution < -0.4 is 5.73 Å². The van der Waals surface area contributed by atoms with Crippen LogP contribution in [0, 0.1) is 0 Å². The summed E-state index contributed by atoms with van der Waals surface area (Å²) in [6.45, 7) is 1.12. The van der Waals surface area contributed by atoms with Crippen LogP contribution >= 0.6 is 0 Å². The lowest BCUT2D eigenvalue weighted by Crippen LogP contribution is -2.45. The third-order valence-electron chi connectivity index (χ3n) is 2.13. The Hall–Kier alpha value is -0.870. The van der Waals surface area contributed by atoms with Crippen LogP contribution in [-0.4, -0.2) is 55.4 Å². The van der Waals surface area contributed by atoms with E-state index >= 15 is 0 Å². The average molecular weight is 292 g/mol. The number of rotatable bonds is 1. The molecular weight excluding hydrogens is 277 g/mol. The highest BCUT2D eigenvalue weighted by Crippen LogP contribution is 2.13. The van der Waals surface area contributed by atoms with Gasteiger partial charge in [-0.3, -0.25) is 0 Å². The van der Waals surface area contributed by atoms with Crippen molar-refractivity contribution in [2.75, 3.05) is 19.3 Å². The molecule has 0 radical (unpaired) electrons. The van der Waals surface area contributed by atoms with Crippen LogP contribution in [-0.2, 0) is 14.8 Å². The van der Waals surface area contributed by atoms with Crippen molar-refractivity contribution in [3.8, 4) is 0 Å². The van der Waals surface area contributed by atoms with Crippen LogP contribution in [0.3, 0.4) is 0 Å². The second-order valence-corrected chi connectivity index (χ2v) is 5.81. The molecule has 0 aliphatic carbocycles. The molecule has 1 rings (SSSR count). The van der Waals surface area contributed by atoms with Gasteiger partial charge < -0.3 is 10.8 Å². The number of carboxylic acids is 1. The Morgan fingerprint density at radius 2 is 1.89 bits per heavy atom. The van der Waals surface area contributed by atoms with Gasteiger partial charge in [0.2, 0.25) is 10.0 Å². The van der Waals surface area contributed by atoms with Gasteiger partial charge in [0.25, 0.3) is 0 Å². The van der Waals surface area contributed by atoms with Crippen LogP contribution in [0.15, 0.2) is 0 Å². The summed E-state index contributed by atoms with van der Waals surface area (Å²) in [5.74, 6) is -2.76. The van der Waals surface area contributed by atoms with Crippen molar-refractivity contribution in [1.29, 1.82) is 0 Å². The Morgan fingerprint density at radius 3 is 2.11 bits per heavy atom. The zero-order chi connectivity index (χ0) is 14.6. The molecule has 1 aliphatic rings. The summed E-state index contributed by atoms with van der Waals surface area (Å²) in [5, 5.41) is 7.12. The van der Waals surface area contributed by atoms with Gasteiger partial charge in [0.05, 0.1) is 6.26 Å². The van der Waals surface area contributed by atoms with Crippen LogP contribution in [0.5, 0.6) is 0 Å². The summed E-state index contributed by atoms with van der Waals surface area (Å²) in [5.41, 5.74) is 5.62. The minimum atomic E-state index is -5.08. The van der Waals surface area contributed by atoms with Crippen molar-refractivity contribution in [1.82, 2.24) is 4.31 Å². The smallest absolute Gasteiger partial charge is 0.475 e. The largest absolute Gasteiger partial charge is 0.490 e. The molecule has 108 valence electrons. The molecule has 0 aromatic rings. The number of halogens is 3. The first-order chi connectivity index (χ1) is 7.94. The fourth-order valence-corrected chi connectivity index (χ4v) is 2.20. The Labute approximate surface area is 103 Å². The summed E-state index contributed by atoms with van der Waals surface area (Å²) < 4.78 is 55.2. The Morgan fingerprint density at radius 1 is 1.44 bits per heavy atom. The van der Waals surface area contributed by atoms with Gasteiger partial charge >= 0.3 is 12.1 Å². The van der Waals surface area contributed by atoms with Crippen molar-refractivity contribution in [3.63, 3.8) is 0 Å². The van der Waals surface area contributed by atoms with E-state index < -0.39 is 22.2 Å². The van der Waals surface area contributed by atoms with E-state index in [9.17, 15) is 21.6 Å². The standard InChI is InChI=1S/C6H14N2O2S.C2HF3O2/c1-11(9,10)8-4-2-3-6(7)5-8;3-2(4,5)1(6)7/h6H,2-5,7H2,1H3;(H,6,7). The molecule has 0 saturated carbocycles. The fraction of sp³-hybridized carbons (Fsp3) is 0.875. The number of nitrogens with two attached hydrogens (primary N) is 1. The molecule has 6 nitrogen and oxygen atoms in total. The molecule has 0 aromatic heterocycles. The predicted molar refractivity (Wildman–Crippen MR) is 57.3 cm³/mol. The highest BCUT2D eigenvalue weighted by atomic mass is 32.2. The maximum absolute atomic E-state index is 11.0. The van der Waals surface area contributed by atoms with Crippen LogP contribution in [0.1, 0.15) is 12.8 Å². The van der Waals surface area contributed by atoms with Crippen molar-refractivity contribution in [2.24, 2.45) is 5.73 Å². The lowest BCUT2D eigenvalue weighted by molar-refractivity contribution is -0.192. The minimum absolute atomic E-state index is 0.0264. The Bertz CT molecular complexity index is 382. The Kier molecular flexibility index (Phi) is 6.04. The molecule has 1 aliphatic heterocycles. The zero-order valence-corrected chi connectivity index (χ0v) is 10.5. The van der Waals surface area contributed by atoms with Gasteiger partial charge in [0.1, 0.15) is 0 Å². The van der Waals surface area contributed by atoms with Gasteiger partial charge in [-0.2, -0.15) is 13.2 Å². The van der Waals surface area contributed by atoms with E-state index in [1.165, 1.54) is 10.6 Å². The zero-order valence-electron chi connectivity index (χ0n) is 9.64. The number of hydrogen-bond acceptors (Lipinski definition) is 4. The number of piperidine rings is 1. The molecule has 0 aromatic carbocycles. The van der Waals surface area contributed by atoms with Crippen LogP contribution in [0.2, 0.25) is 0 Å². The van der Waals surface area contributed by atoms with E-state index in [-0.39, 0.29) is 6.04 Å². The van der Waals surface area contributed by atoms with Crippen molar-refractivity contribution in [3.05, 3.63) is 0 Å². The minimum Gasteiger partial charge on any atom is -0.475 e. The Balaban J connectivity index is 0.000000360. The van der Waals surface area contributed by atoms with Crippen LogP contribution in [0.25, 0.3) is 0 Å². The van der Waals surface area contributed by atoms with Gasteiger partial charge in [-0.05, 0) is 12.8 Å². The summed E-state index contributed by atoms with van der Waals surface area (Å²) in [7, 11) is -3.01. The molecule has 0 amide bonds. The third kappa shape index (κ3) is 6.77. The van der Waals surface area contributed by atoms with E-state index in [4.69, 9.17) is 15.6 Å². The number of hydrogen-bond donors (Lipinski definition) is 2. The van der Waals surface area contributed by atoms with Crippen molar-refractivity contribution < 1.29 is 31.5 Å². The number of aliphatic carboxylic acids is 1. The average Bonchev–Trinajstić information content (AvgIpc) is 2.15. The number of sulfonamides is 1. The second-order valence-electron chi connectivity index (χ2n) is 3.83. The quantitative estimate of drug-likeness (QED) is 0.708. The fourth-order valence-electron chi connectivity index (χ4n) is 1.28. The number of nitrogens with zero attached hydrogens (tertiary/aromatic N) is 1. The maximum Gasteiger partial charge on any atom is 0.490 e. The monoisotopic (exact) mass is 292 g/mol. The van der Waals surface area contributed by atoms with Crippen molar-refractivity contribution >= 4 is 16.0 Å². The molecule has 3 N–H and O–H groups in total. The molecule has 1 heterocycles. The SMILES string of the molecule is CS(=O)(=O)N1CCCC(N)C1.O=C(O)C(F)(F)F. The summed E-state index contributed by atoms with van der Waals surface area (Å²) >= 11 is 0.